The quantitative estimate of drug-likeness (QED) is 0.669. The average molecular weight is 230 g/mol. The van der Waals surface area contributed by atoms with E-state index in [1.54, 1.807) is 0 Å². The van der Waals surface area contributed by atoms with Gasteiger partial charge in [-0.05, 0) is 32.7 Å². The first kappa shape index (κ1) is 15.9. The van der Waals surface area contributed by atoms with Gasteiger partial charge in [0.2, 0.25) is 0 Å². The molecule has 3 N–H and O–H groups in total. The highest BCUT2D eigenvalue weighted by molar-refractivity contribution is 4.83. The van der Waals surface area contributed by atoms with Crippen LogP contribution in [0.15, 0.2) is 0 Å². The molecule has 3 atom stereocenters. The van der Waals surface area contributed by atoms with Gasteiger partial charge in [0.15, 0.2) is 0 Å². The van der Waals surface area contributed by atoms with Crippen LogP contribution in [0.25, 0.3) is 0 Å². The summed E-state index contributed by atoms with van der Waals surface area (Å²) in [5.74, 6) is 0.582. The van der Waals surface area contributed by atoms with E-state index in [-0.39, 0.29) is 18.7 Å². The number of aliphatic hydroxyl groups is 1. The Morgan fingerprint density at radius 1 is 1.25 bits per heavy atom. The van der Waals surface area contributed by atoms with Gasteiger partial charge in [-0.3, -0.25) is 4.90 Å². The number of rotatable bonds is 8. The van der Waals surface area contributed by atoms with Gasteiger partial charge < -0.3 is 10.8 Å². The Balaban J connectivity index is 4.34. The van der Waals surface area contributed by atoms with Crippen molar-refractivity contribution in [2.45, 2.75) is 65.1 Å². The van der Waals surface area contributed by atoms with E-state index in [9.17, 15) is 5.11 Å². The van der Waals surface area contributed by atoms with Gasteiger partial charge in [-0.2, -0.15) is 0 Å². The smallest absolute Gasteiger partial charge is 0.0601 e. The van der Waals surface area contributed by atoms with E-state index in [2.05, 4.69) is 39.6 Å². The molecule has 98 valence electrons. The number of nitrogens with two attached hydrogens (primary N) is 1. The van der Waals surface area contributed by atoms with Crippen molar-refractivity contribution in [2.75, 3.05) is 13.7 Å². The van der Waals surface area contributed by atoms with E-state index in [0.717, 1.165) is 12.8 Å². The maximum atomic E-state index is 9.48. The van der Waals surface area contributed by atoms with Crippen LogP contribution in [0.2, 0.25) is 0 Å². The second-order valence-electron chi connectivity index (χ2n) is 5.35. The van der Waals surface area contributed by atoms with Crippen molar-refractivity contribution >= 4 is 0 Å². The van der Waals surface area contributed by atoms with Gasteiger partial charge in [0.25, 0.3) is 0 Å². The fourth-order valence-electron chi connectivity index (χ4n) is 2.22. The first-order valence-corrected chi connectivity index (χ1v) is 6.52. The third kappa shape index (κ3) is 5.28. The Bertz CT molecular complexity index is 173. The number of likely N-dealkylation sites (N-methyl/N-ethyl adjacent to an activating group) is 1. The molecular formula is C13H30N2O. The lowest BCUT2D eigenvalue weighted by atomic mass is 9.96. The van der Waals surface area contributed by atoms with Gasteiger partial charge in [0.05, 0.1) is 6.61 Å². The summed E-state index contributed by atoms with van der Waals surface area (Å²) >= 11 is 0. The zero-order valence-corrected chi connectivity index (χ0v) is 11.6. The van der Waals surface area contributed by atoms with Gasteiger partial charge in [-0.25, -0.2) is 0 Å². The third-order valence-electron chi connectivity index (χ3n) is 3.35. The third-order valence-corrected chi connectivity index (χ3v) is 3.35. The zero-order chi connectivity index (χ0) is 12.7. The minimum Gasteiger partial charge on any atom is -0.395 e. The number of hydrogen-bond acceptors (Lipinski definition) is 3. The maximum absolute atomic E-state index is 9.48. The van der Waals surface area contributed by atoms with Crippen LogP contribution in [0.1, 0.15) is 47.0 Å². The summed E-state index contributed by atoms with van der Waals surface area (Å²) in [6.07, 6.45) is 3.29. The Morgan fingerprint density at radius 2 is 1.81 bits per heavy atom. The van der Waals surface area contributed by atoms with Gasteiger partial charge in [-0.15, -0.1) is 0 Å². The molecule has 3 unspecified atom stereocenters. The molecule has 0 amide bonds. The second kappa shape index (κ2) is 8.04. The average Bonchev–Trinajstić information content (AvgIpc) is 2.17. The molecule has 0 aliphatic carbocycles. The molecule has 0 aromatic heterocycles. The van der Waals surface area contributed by atoms with Crippen LogP contribution in [0.3, 0.4) is 0 Å². The molecular weight excluding hydrogens is 200 g/mol. The molecule has 3 heteroatoms. The molecule has 0 aromatic rings. The van der Waals surface area contributed by atoms with Crippen molar-refractivity contribution in [2.24, 2.45) is 11.7 Å². The summed E-state index contributed by atoms with van der Waals surface area (Å²) in [5.41, 5.74) is 6.16. The van der Waals surface area contributed by atoms with E-state index >= 15 is 0 Å². The van der Waals surface area contributed by atoms with Crippen molar-refractivity contribution in [1.82, 2.24) is 4.90 Å². The van der Waals surface area contributed by atoms with Gasteiger partial charge in [0, 0.05) is 18.1 Å². The predicted octanol–water partition coefficient (Wildman–Crippen LogP) is 1.84. The summed E-state index contributed by atoms with van der Waals surface area (Å²) in [5, 5.41) is 9.48. The standard InChI is InChI=1S/C13H30N2O/c1-6-7-11(4)15(5)13(9-16)12(14)8-10(2)3/h10-13,16H,6-9,14H2,1-5H3. The highest BCUT2D eigenvalue weighted by Gasteiger charge is 2.25. The molecule has 0 spiro atoms. The van der Waals surface area contributed by atoms with E-state index in [4.69, 9.17) is 5.73 Å². The van der Waals surface area contributed by atoms with Crippen LogP contribution in [-0.2, 0) is 0 Å². The Morgan fingerprint density at radius 3 is 2.19 bits per heavy atom. The van der Waals surface area contributed by atoms with Crippen LogP contribution in [0, 0.1) is 5.92 Å². The van der Waals surface area contributed by atoms with Gasteiger partial charge in [-0.1, -0.05) is 27.2 Å². The highest BCUT2D eigenvalue weighted by Crippen LogP contribution is 2.14. The summed E-state index contributed by atoms with van der Waals surface area (Å²) in [4.78, 5) is 2.23. The number of nitrogens with zero attached hydrogens (tertiary/aromatic N) is 1. The maximum Gasteiger partial charge on any atom is 0.0601 e. The van der Waals surface area contributed by atoms with Crippen molar-refractivity contribution in [3.05, 3.63) is 0 Å². The molecule has 0 saturated carbocycles. The van der Waals surface area contributed by atoms with Crippen molar-refractivity contribution < 1.29 is 5.11 Å². The number of aliphatic hydroxyl groups excluding tert-OH is 1. The Kier molecular flexibility index (Phi) is 7.98. The van der Waals surface area contributed by atoms with Crippen LogP contribution in [0.5, 0.6) is 0 Å². The lowest BCUT2D eigenvalue weighted by Crippen LogP contribution is -2.51. The molecule has 0 radical (unpaired) electrons. The topological polar surface area (TPSA) is 49.5 Å². The molecule has 0 aliphatic heterocycles. The summed E-state index contributed by atoms with van der Waals surface area (Å²) in [6.45, 7) is 8.88. The molecule has 0 saturated heterocycles. The van der Waals surface area contributed by atoms with Crippen molar-refractivity contribution in [1.29, 1.82) is 0 Å². The number of hydrogen-bond donors (Lipinski definition) is 2. The van der Waals surface area contributed by atoms with E-state index in [1.807, 2.05) is 0 Å². The Hall–Kier alpha value is -0.120. The molecule has 0 bridgehead atoms. The minimum atomic E-state index is 0.0642. The van der Waals surface area contributed by atoms with Crippen LogP contribution >= 0.6 is 0 Å². The summed E-state index contributed by atoms with van der Waals surface area (Å²) < 4.78 is 0. The molecule has 0 rings (SSSR count). The van der Waals surface area contributed by atoms with Gasteiger partial charge in [0.1, 0.15) is 0 Å². The normalized spacial score (nSPS) is 17.8. The molecule has 0 aliphatic rings. The van der Waals surface area contributed by atoms with Crippen LogP contribution in [-0.4, -0.2) is 41.8 Å². The molecule has 0 aromatic carbocycles. The van der Waals surface area contributed by atoms with Crippen molar-refractivity contribution in [3.8, 4) is 0 Å². The molecule has 3 nitrogen and oxygen atoms in total. The van der Waals surface area contributed by atoms with Crippen LogP contribution in [0.4, 0.5) is 0 Å². The van der Waals surface area contributed by atoms with Crippen LogP contribution < -0.4 is 5.73 Å². The Labute approximate surface area is 101 Å². The largest absolute Gasteiger partial charge is 0.395 e. The monoisotopic (exact) mass is 230 g/mol. The summed E-state index contributed by atoms with van der Waals surface area (Å²) in [7, 11) is 2.07. The molecule has 0 fully saturated rings. The van der Waals surface area contributed by atoms with E-state index < -0.39 is 0 Å². The highest BCUT2D eigenvalue weighted by atomic mass is 16.3. The SMILES string of the molecule is CCCC(C)N(C)C(CO)C(N)CC(C)C. The lowest BCUT2D eigenvalue weighted by Gasteiger charge is -2.36. The zero-order valence-electron chi connectivity index (χ0n) is 11.6. The van der Waals surface area contributed by atoms with Crippen molar-refractivity contribution in [3.63, 3.8) is 0 Å². The van der Waals surface area contributed by atoms with E-state index in [0.29, 0.717) is 12.0 Å². The predicted molar refractivity (Wildman–Crippen MR) is 70.4 cm³/mol. The van der Waals surface area contributed by atoms with Gasteiger partial charge >= 0.3 is 0 Å². The summed E-state index contributed by atoms with van der Waals surface area (Å²) in [6, 6.07) is 0.638. The molecule has 0 heterocycles. The first-order chi connectivity index (χ1) is 7.43. The van der Waals surface area contributed by atoms with E-state index in [1.165, 1.54) is 6.42 Å². The fraction of sp³-hybridized carbons (Fsp3) is 1.00. The molecule has 16 heavy (non-hydrogen) atoms. The lowest BCUT2D eigenvalue weighted by molar-refractivity contribution is 0.0877. The first-order valence-electron chi connectivity index (χ1n) is 6.52. The fourth-order valence-corrected chi connectivity index (χ4v) is 2.22. The second-order valence-corrected chi connectivity index (χ2v) is 5.35. The minimum absolute atomic E-state index is 0.0642.